The molecule has 0 saturated heterocycles. The Balaban J connectivity index is 2.00. The highest BCUT2D eigenvalue weighted by atomic mass is 16.5. The number of pyridine rings is 1. The van der Waals surface area contributed by atoms with Crippen molar-refractivity contribution in [2.75, 3.05) is 6.61 Å². The molecule has 2 rings (SSSR count). The Morgan fingerprint density at radius 2 is 2.19 bits per heavy atom. The Kier molecular flexibility index (Phi) is 5.46. The monoisotopic (exact) mass is 283 g/mol. The number of nitrogens with zero attached hydrogens (tertiary/aromatic N) is 2. The molecule has 2 aromatic rings. The summed E-state index contributed by atoms with van der Waals surface area (Å²) in [6.07, 6.45) is 5.60. The SMILES string of the molecule is CCCOc1ccccc1/C=N/NC(=O)c1cccnc1. The third-order valence-electron chi connectivity index (χ3n) is 2.67. The fraction of sp³-hybridized carbons (Fsp3) is 0.188. The summed E-state index contributed by atoms with van der Waals surface area (Å²) >= 11 is 0. The number of amides is 1. The van der Waals surface area contributed by atoms with Crippen LogP contribution in [-0.2, 0) is 0 Å². The molecule has 0 saturated carbocycles. The number of benzene rings is 1. The summed E-state index contributed by atoms with van der Waals surface area (Å²) in [5.41, 5.74) is 3.75. The first-order chi connectivity index (χ1) is 10.3. The van der Waals surface area contributed by atoms with Crippen molar-refractivity contribution in [1.82, 2.24) is 10.4 Å². The summed E-state index contributed by atoms with van der Waals surface area (Å²) in [4.78, 5) is 15.7. The Morgan fingerprint density at radius 1 is 1.33 bits per heavy atom. The number of hydrogen-bond donors (Lipinski definition) is 1. The van der Waals surface area contributed by atoms with Gasteiger partial charge in [0, 0.05) is 18.0 Å². The lowest BCUT2D eigenvalue weighted by Crippen LogP contribution is -2.17. The van der Waals surface area contributed by atoms with E-state index >= 15 is 0 Å². The number of aromatic nitrogens is 1. The third kappa shape index (κ3) is 4.42. The Hall–Kier alpha value is -2.69. The quantitative estimate of drug-likeness (QED) is 0.654. The van der Waals surface area contributed by atoms with Crippen LogP contribution in [0.1, 0.15) is 29.3 Å². The van der Waals surface area contributed by atoms with Crippen LogP contribution in [0.2, 0.25) is 0 Å². The van der Waals surface area contributed by atoms with Crippen molar-refractivity contribution < 1.29 is 9.53 Å². The highest BCUT2D eigenvalue weighted by Gasteiger charge is 2.03. The zero-order valence-corrected chi connectivity index (χ0v) is 11.8. The van der Waals surface area contributed by atoms with E-state index in [1.165, 1.54) is 6.20 Å². The largest absolute Gasteiger partial charge is 0.493 e. The van der Waals surface area contributed by atoms with Crippen LogP contribution in [0.5, 0.6) is 5.75 Å². The van der Waals surface area contributed by atoms with Crippen molar-refractivity contribution >= 4 is 12.1 Å². The van der Waals surface area contributed by atoms with Crippen molar-refractivity contribution in [3.8, 4) is 5.75 Å². The second kappa shape index (κ2) is 7.79. The van der Waals surface area contributed by atoms with E-state index in [1.54, 1.807) is 24.5 Å². The van der Waals surface area contributed by atoms with Gasteiger partial charge < -0.3 is 4.74 Å². The van der Waals surface area contributed by atoms with E-state index in [9.17, 15) is 4.79 Å². The van der Waals surface area contributed by atoms with Crippen LogP contribution in [0.4, 0.5) is 0 Å². The lowest BCUT2D eigenvalue weighted by molar-refractivity contribution is 0.0954. The maximum atomic E-state index is 11.8. The van der Waals surface area contributed by atoms with E-state index in [0.29, 0.717) is 12.2 Å². The van der Waals surface area contributed by atoms with Gasteiger partial charge in [0.15, 0.2) is 0 Å². The molecule has 0 fully saturated rings. The van der Waals surface area contributed by atoms with Crippen molar-refractivity contribution in [2.45, 2.75) is 13.3 Å². The number of rotatable bonds is 6. The van der Waals surface area contributed by atoms with Gasteiger partial charge in [-0.25, -0.2) is 5.43 Å². The maximum Gasteiger partial charge on any atom is 0.272 e. The molecule has 1 aromatic heterocycles. The summed E-state index contributed by atoms with van der Waals surface area (Å²) in [7, 11) is 0. The Labute approximate surface area is 123 Å². The van der Waals surface area contributed by atoms with Crippen LogP contribution in [0.3, 0.4) is 0 Å². The zero-order chi connectivity index (χ0) is 14.9. The highest BCUT2D eigenvalue weighted by Crippen LogP contribution is 2.15. The average molecular weight is 283 g/mol. The first-order valence-corrected chi connectivity index (χ1v) is 6.76. The molecule has 21 heavy (non-hydrogen) atoms. The lowest BCUT2D eigenvalue weighted by Gasteiger charge is -2.07. The molecule has 1 heterocycles. The fourth-order valence-corrected chi connectivity index (χ4v) is 1.65. The smallest absolute Gasteiger partial charge is 0.272 e. The minimum absolute atomic E-state index is 0.300. The van der Waals surface area contributed by atoms with Crippen molar-refractivity contribution in [2.24, 2.45) is 5.10 Å². The number of hydrogen-bond acceptors (Lipinski definition) is 4. The van der Waals surface area contributed by atoms with E-state index < -0.39 is 0 Å². The summed E-state index contributed by atoms with van der Waals surface area (Å²) in [6.45, 7) is 2.69. The summed E-state index contributed by atoms with van der Waals surface area (Å²) in [5.74, 6) is 0.449. The van der Waals surface area contributed by atoms with Gasteiger partial charge in [-0.15, -0.1) is 0 Å². The standard InChI is InChI=1S/C16H17N3O2/c1-2-10-21-15-8-4-3-6-13(15)12-18-19-16(20)14-7-5-9-17-11-14/h3-9,11-12H,2,10H2,1H3,(H,19,20)/b18-12+. The average Bonchev–Trinajstić information content (AvgIpc) is 2.54. The second-order valence-corrected chi connectivity index (χ2v) is 4.33. The van der Waals surface area contributed by atoms with Gasteiger partial charge >= 0.3 is 0 Å². The van der Waals surface area contributed by atoms with E-state index in [-0.39, 0.29) is 5.91 Å². The predicted octanol–water partition coefficient (Wildman–Crippen LogP) is 2.63. The first-order valence-electron chi connectivity index (χ1n) is 6.76. The molecule has 5 nitrogen and oxygen atoms in total. The zero-order valence-electron chi connectivity index (χ0n) is 11.8. The molecular weight excluding hydrogens is 266 g/mol. The lowest BCUT2D eigenvalue weighted by atomic mass is 10.2. The van der Waals surface area contributed by atoms with Crippen LogP contribution < -0.4 is 10.2 Å². The van der Waals surface area contributed by atoms with Crippen LogP contribution in [0, 0.1) is 0 Å². The van der Waals surface area contributed by atoms with Gasteiger partial charge in [0.05, 0.1) is 18.4 Å². The summed E-state index contributed by atoms with van der Waals surface area (Å²) in [5, 5.41) is 3.95. The highest BCUT2D eigenvalue weighted by molar-refractivity contribution is 5.94. The van der Waals surface area contributed by atoms with E-state index in [2.05, 4.69) is 15.5 Å². The molecule has 0 aliphatic carbocycles. The predicted molar refractivity (Wildman–Crippen MR) is 81.5 cm³/mol. The van der Waals surface area contributed by atoms with Crippen LogP contribution in [0.15, 0.2) is 53.9 Å². The molecular formula is C16H17N3O2. The van der Waals surface area contributed by atoms with Gasteiger partial charge in [-0.05, 0) is 30.7 Å². The molecule has 0 aliphatic heterocycles. The maximum absolute atomic E-state index is 11.8. The van der Waals surface area contributed by atoms with E-state index in [4.69, 9.17) is 4.74 Å². The number of carbonyl (C=O) groups excluding carboxylic acids is 1. The summed E-state index contributed by atoms with van der Waals surface area (Å²) < 4.78 is 5.61. The van der Waals surface area contributed by atoms with Gasteiger partial charge in [0.2, 0.25) is 0 Å². The summed E-state index contributed by atoms with van der Waals surface area (Å²) in [6, 6.07) is 10.9. The van der Waals surface area contributed by atoms with E-state index in [1.807, 2.05) is 31.2 Å². The Morgan fingerprint density at radius 3 is 2.95 bits per heavy atom. The third-order valence-corrected chi connectivity index (χ3v) is 2.67. The van der Waals surface area contributed by atoms with Crippen molar-refractivity contribution in [3.05, 3.63) is 59.9 Å². The van der Waals surface area contributed by atoms with Gasteiger partial charge in [0.25, 0.3) is 5.91 Å². The number of para-hydroxylation sites is 1. The molecule has 0 spiro atoms. The first kappa shape index (κ1) is 14.7. The molecule has 0 atom stereocenters. The molecule has 0 aliphatic rings. The molecule has 0 bridgehead atoms. The minimum Gasteiger partial charge on any atom is -0.493 e. The molecule has 5 heteroatoms. The van der Waals surface area contributed by atoms with Crippen molar-refractivity contribution in [1.29, 1.82) is 0 Å². The van der Waals surface area contributed by atoms with Crippen LogP contribution in [0.25, 0.3) is 0 Å². The van der Waals surface area contributed by atoms with Gasteiger partial charge in [-0.2, -0.15) is 5.10 Å². The fourth-order valence-electron chi connectivity index (χ4n) is 1.65. The van der Waals surface area contributed by atoms with Gasteiger partial charge in [0.1, 0.15) is 5.75 Å². The topological polar surface area (TPSA) is 63.6 Å². The Bertz CT molecular complexity index is 612. The molecule has 1 N–H and O–H groups in total. The molecule has 0 unspecified atom stereocenters. The minimum atomic E-state index is -0.300. The second-order valence-electron chi connectivity index (χ2n) is 4.33. The molecule has 108 valence electrons. The molecule has 1 aromatic carbocycles. The van der Waals surface area contributed by atoms with E-state index in [0.717, 1.165) is 17.7 Å². The number of hydrazone groups is 1. The normalized spacial score (nSPS) is 10.5. The number of ether oxygens (including phenoxy) is 1. The van der Waals surface area contributed by atoms with Gasteiger partial charge in [-0.1, -0.05) is 19.1 Å². The number of nitrogens with one attached hydrogen (secondary N) is 1. The van der Waals surface area contributed by atoms with Gasteiger partial charge in [-0.3, -0.25) is 9.78 Å². The van der Waals surface area contributed by atoms with Crippen LogP contribution in [-0.4, -0.2) is 23.7 Å². The molecule has 0 radical (unpaired) electrons. The molecule has 1 amide bonds. The van der Waals surface area contributed by atoms with Crippen molar-refractivity contribution in [3.63, 3.8) is 0 Å². The van der Waals surface area contributed by atoms with Crippen LogP contribution >= 0.6 is 0 Å². The number of carbonyl (C=O) groups is 1.